The Balaban J connectivity index is 1.95. The highest BCUT2D eigenvalue weighted by atomic mass is 16.1. The molecule has 0 radical (unpaired) electrons. The number of nitrogens with one attached hydrogen (secondary N) is 1. The SMILES string of the molecule is CCC[C@@H](C)NC(=O)Cc1ccc(-c2ccccc2)cc1. The van der Waals surface area contributed by atoms with Crippen LogP contribution in [0, 0.1) is 0 Å². The van der Waals surface area contributed by atoms with Crippen LogP contribution in [-0.2, 0) is 11.2 Å². The van der Waals surface area contributed by atoms with Gasteiger partial charge in [0.1, 0.15) is 0 Å². The minimum absolute atomic E-state index is 0.100. The molecular formula is C19H23NO. The lowest BCUT2D eigenvalue weighted by Gasteiger charge is -2.12. The Bertz CT molecular complexity index is 560. The van der Waals surface area contributed by atoms with Crippen LogP contribution in [0.1, 0.15) is 32.3 Å². The summed E-state index contributed by atoms with van der Waals surface area (Å²) in [5.74, 6) is 0.100. The maximum absolute atomic E-state index is 11.9. The van der Waals surface area contributed by atoms with Gasteiger partial charge in [-0.3, -0.25) is 4.79 Å². The predicted octanol–water partition coefficient (Wildman–Crippen LogP) is 4.20. The first-order chi connectivity index (χ1) is 10.2. The maximum Gasteiger partial charge on any atom is 0.224 e. The third-order valence-corrected chi connectivity index (χ3v) is 3.55. The van der Waals surface area contributed by atoms with Gasteiger partial charge in [0, 0.05) is 6.04 Å². The van der Waals surface area contributed by atoms with Crippen LogP contribution in [0.5, 0.6) is 0 Å². The summed E-state index contributed by atoms with van der Waals surface area (Å²) in [6, 6.07) is 18.7. The smallest absolute Gasteiger partial charge is 0.224 e. The summed E-state index contributed by atoms with van der Waals surface area (Å²) < 4.78 is 0. The van der Waals surface area contributed by atoms with E-state index in [1.807, 2.05) is 30.3 Å². The zero-order valence-corrected chi connectivity index (χ0v) is 12.8. The number of carbonyl (C=O) groups is 1. The lowest BCUT2D eigenvalue weighted by Crippen LogP contribution is -2.33. The Morgan fingerprint density at radius 1 is 1.00 bits per heavy atom. The molecular weight excluding hydrogens is 258 g/mol. The van der Waals surface area contributed by atoms with E-state index in [2.05, 4.69) is 43.4 Å². The predicted molar refractivity (Wildman–Crippen MR) is 88.1 cm³/mol. The van der Waals surface area contributed by atoms with Crippen molar-refractivity contribution < 1.29 is 4.79 Å². The second-order valence-corrected chi connectivity index (χ2v) is 5.50. The van der Waals surface area contributed by atoms with Crippen molar-refractivity contribution in [3.63, 3.8) is 0 Å². The molecule has 1 atom stereocenters. The molecule has 0 bridgehead atoms. The van der Waals surface area contributed by atoms with Crippen molar-refractivity contribution in [2.75, 3.05) is 0 Å². The minimum Gasteiger partial charge on any atom is -0.353 e. The lowest BCUT2D eigenvalue weighted by molar-refractivity contribution is -0.121. The Morgan fingerprint density at radius 2 is 1.62 bits per heavy atom. The average molecular weight is 281 g/mol. The van der Waals surface area contributed by atoms with Gasteiger partial charge in [-0.2, -0.15) is 0 Å². The molecule has 2 aromatic rings. The van der Waals surface area contributed by atoms with E-state index >= 15 is 0 Å². The van der Waals surface area contributed by atoms with Gasteiger partial charge < -0.3 is 5.32 Å². The largest absolute Gasteiger partial charge is 0.353 e. The fourth-order valence-corrected chi connectivity index (χ4v) is 2.46. The quantitative estimate of drug-likeness (QED) is 0.844. The van der Waals surface area contributed by atoms with Gasteiger partial charge in [-0.25, -0.2) is 0 Å². The molecule has 0 saturated heterocycles. The highest BCUT2D eigenvalue weighted by Crippen LogP contribution is 2.19. The Kier molecular flexibility index (Phi) is 5.56. The van der Waals surface area contributed by atoms with Crippen LogP contribution < -0.4 is 5.32 Å². The summed E-state index contributed by atoms with van der Waals surface area (Å²) in [6.45, 7) is 4.19. The van der Waals surface area contributed by atoms with E-state index < -0.39 is 0 Å². The van der Waals surface area contributed by atoms with E-state index in [4.69, 9.17) is 0 Å². The molecule has 21 heavy (non-hydrogen) atoms. The van der Waals surface area contributed by atoms with Crippen LogP contribution in [0.15, 0.2) is 54.6 Å². The molecule has 0 aliphatic heterocycles. The fourth-order valence-electron chi connectivity index (χ4n) is 2.46. The van der Waals surface area contributed by atoms with Gasteiger partial charge in [0.15, 0.2) is 0 Å². The molecule has 1 N–H and O–H groups in total. The summed E-state index contributed by atoms with van der Waals surface area (Å²) in [7, 11) is 0. The Labute approximate surface area is 127 Å². The molecule has 2 heteroatoms. The molecule has 1 amide bonds. The van der Waals surface area contributed by atoms with Gasteiger partial charge in [-0.15, -0.1) is 0 Å². The standard InChI is InChI=1S/C19H23NO/c1-3-7-15(2)20-19(21)14-16-10-12-18(13-11-16)17-8-5-4-6-9-17/h4-6,8-13,15H,3,7,14H2,1-2H3,(H,20,21)/t15-/m1/s1. The van der Waals surface area contributed by atoms with Crippen LogP contribution in [0.2, 0.25) is 0 Å². The second-order valence-electron chi connectivity index (χ2n) is 5.50. The normalized spacial score (nSPS) is 11.9. The third-order valence-electron chi connectivity index (χ3n) is 3.55. The van der Waals surface area contributed by atoms with Crippen molar-refractivity contribution in [1.29, 1.82) is 0 Å². The average Bonchev–Trinajstić information content (AvgIpc) is 2.49. The number of rotatable bonds is 6. The summed E-state index contributed by atoms with van der Waals surface area (Å²) in [4.78, 5) is 11.9. The first-order valence-electron chi connectivity index (χ1n) is 7.62. The molecule has 110 valence electrons. The molecule has 2 rings (SSSR count). The van der Waals surface area contributed by atoms with Crippen LogP contribution in [0.3, 0.4) is 0 Å². The number of carbonyl (C=O) groups excluding carboxylic acids is 1. The highest BCUT2D eigenvalue weighted by Gasteiger charge is 2.07. The van der Waals surface area contributed by atoms with Crippen molar-refractivity contribution in [1.82, 2.24) is 5.32 Å². The van der Waals surface area contributed by atoms with E-state index in [1.54, 1.807) is 0 Å². The second kappa shape index (κ2) is 7.63. The topological polar surface area (TPSA) is 29.1 Å². The molecule has 0 unspecified atom stereocenters. The summed E-state index contributed by atoms with van der Waals surface area (Å²) in [5, 5.41) is 3.04. The fraction of sp³-hybridized carbons (Fsp3) is 0.316. The summed E-state index contributed by atoms with van der Waals surface area (Å²) in [5.41, 5.74) is 3.43. The van der Waals surface area contributed by atoms with Gasteiger partial charge in [0.25, 0.3) is 0 Å². The zero-order valence-electron chi connectivity index (χ0n) is 12.8. The number of hydrogen-bond donors (Lipinski definition) is 1. The number of amides is 1. The van der Waals surface area contributed by atoms with Crippen LogP contribution >= 0.6 is 0 Å². The van der Waals surface area contributed by atoms with E-state index in [0.717, 1.165) is 18.4 Å². The van der Waals surface area contributed by atoms with E-state index in [-0.39, 0.29) is 11.9 Å². The number of benzene rings is 2. The zero-order chi connectivity index (χ0) is 15.1. The van der Waals surface area contributed by atoms with Crippen molar-refractivity contribution in [3.05, 3.63) is 60.2 Å². The monoisotopic (exact) mass is 281 g/mol. The van der Waals surface area contributed by atoms with Gasteiger partial charge in [-0.05, 0) is 30.0 Å². The molecule has 2 nitrogen and oxygen atoms in total. The summed E-state index contributed by atoms with van der Waals surface area (Å²) >= 11 is 0. The molecule has 2 aromatic carbocycles. The van der Waals surface area contributed by atoms with Gasteiger partial charge >= 0.3 is 0 Å². The van der Waals surface area contributed by atoms with Gasteiger partial charge in [-0.1, -0.05) is 67.9 Å². The van der Waals surface area contributed by atoms with Gasteiger partial charge in [0.2, 0.25) is 5.91 Å². The first-order valence-corrected chi connectivity index (χ1v) is 7.62. The highest BCUT2D eigenvalue weighted by molar-refractivity contribution is 5.79. The number of hydrogen-bond acceptors (Lipinski definition) is 1. The molecule has 0 saturated carbocycles. The lowest BCUT2D eigenvalue weighted by atomic mass is 10.0. The summed E-state index contributed by atoms with van der Waals surface area (Å²) in [6.07, 6.45) is 2.56. The Hall–Kier alpha value is -2.09. The van der Waals surface area contributed by atoms with Crippen molar-refractivity contribution in [2.45, 2.75) is 39.2 Å². The third kappa shape index (κ3) is 4.75. The molecule has 0 aromatic heterocycles. The van der Waals surface area contributed by atoms with Crippen LogP contribution in [0.4, 0.5) is 0 Å². The Morgan fingerprint density at radius 3 is 2.24 bits per heavy atom. The molecule has 0 heterocycles. The van der Waals surface area contributed by atoms with Crippen molar-refractivity contribution in [3.8, 4) is 11.1 Å². The van der Waals surface area contributed by atoms with Crippen molar-refractivity contribution in [2.24, 2.45) is 0 Å². The van der Waals surface area contributed by atoms with E-state index in [9.17, 15) is 4.79 Å². The van der Waals surface area contributed by atoms with E-state index in [0.29, 0.717) is 6.42 Å². The molecule has 0 aliphatic rings. The van der Waals surface area contributed by atoms with Crippen molar-refractivity contribution >= 4 is 5.91 Å². The molecule has 0 aliphatic carbocycles. The minimum atomic E-state index is 0.100. The van der Waals surface area contributed by atoms with Crippen LogP contribution in [-0.4, -0.2) is 11.9 Å². The first kappa shape index (κ1) is 15.3. The maximum atomic E-state index is 11.9. The van der Waals surface area contributed by atoms with Gasteiger partial charge in [0.05, 0.1) is 6.42 Å². The van der Waals surface area contributed by atoms with E-state index in [1.165, 1.54) is 11.1 Å². The molecule has 0 spiro atoms. The van der Waals surface area contributed by atoms with Crippen LogP contribution in [0.25, 0.3) is 11.1 Å². The molecule has 0 fully saturated rings.